The van der Waals surface area contributed by atoms with Crippen molar-refractivity contribution in [2.75, 3.05) is 0 Å². The zero-order chi connectivity index (χ0) is 11.4. The second-order valence-electron chi connectivity index (χ2n) is 2.49. The van der Waals surface area contributed by atoms with Gasteiger partial charge in [0, 0.05) is 5.56 Å². The number of carbonyl (C=O) groups excluding carboxylic acids is 2. The fraction of sp³-hybridized carbons (Fsp3) is 0.111. The number of ether oxygens (including phenoxy) is 1. The van der Waals surface area contributed by atoms with Gasteiger partial charge < -0.3 is 4.74 Å². The summed E-state index contributed by atoms with van der Waals surface area (Å²) in [6, 6.07) is 1.88. The van der Waals surface area contributed by atoms with Gasteiger partial charge in [0.2, 0.25) is 0 Å². The van der Waals surface area contributed by atoms with Crippen molar-refractivity contribution in [3.63, 3.8) is 0 Å². The quantitative estimate of drug-likeness (QED) is 0.726. The standard InChI is InChI=1S/C9H5F3O3/c10-8-6(4-14)5(3-13)1-2-7(8)15-9(11)12/h1-4,9H. The molecule has 0 aromatic heterocycles. The lowest BCUT2D eigenvalue weighted by Gasteiger charge is -2.07. The van der Waals surface area contributed by atoms with E-state index in [9.17, 15) is 22.8 Å². The van der Waals surface area contributed by atoms with Crippen molar-refractivity contribution >= 4 is 12.6 Å². The Hall–Kier alpha value is -1.85. The van der Waals surface area contributed by atoms with E-state index >= 15 is 0 Å². The smallest absolute Gasteiger partial charge is 0.387 e. The molecule has 15 heavy (non-hydrogen) atoms. The Morgan fingerprint density at radius 2 is 1.87 bits per heavy atom. The van der Waals surface area contributed by atoms with E-state index in [4.69, 9.17) is 0 Å². The molecule has 0 bridgehead atoms. The second kappa shape index (κ2) is 4.59. The summed E-state index contributed by atoms with van der Waals surface area (Å²) in [4.78, 5) is 20.8. The molecule has 0 aliphatic heterocycles. The first-order valence-electron chi connectivity index (χ1n) is 3.77. The van der Waals surface area contributed by atoms with E-state index in [2.05, 4.69) is 4.74 Å². The van der Waals surface area contributed by atoms with Crippen LogP contribution in [0.25, 0.3) is 0 Å². The molecule has 1 rings (SSSR count). The summed E-state index contributed by atoms with van der Waals surface area (Å²) >= 11 is 0. The van der Waals surface area contributed by atoms with Gasteiger partial charge in [0.15, 0.2) is 24.1 Å². The van der Waals surface area contributed by atoms with Crippen molar-refractivity contribution in [1.82, 2.24) is 0 Å². The van der Waals surface area contributed by atoms with E-state index in [0.717, 1.165) is 12.1 Å². The Kier molecular flexibility index (Phi) is 3.43. The fourth-order valence-electron chi connectivity index (χ4n) is 0.997. The highest BCUT2D eigenvalue weighted by Crippen LogP contribution is 2.23. The Morgan fingerprint density at radius 1 is 1.20 bits per heavy atom. The maximum Gasteiger partial charge on any atom is 0.387 e. The molecule has 0 aliphatic rings. The van der Waals surface area contributed by atoms with Gasteiger partial charge in [-0.05, 0) is 12.1 Å². The Balaban J connectivity index is 3.22. The third-order valence-corrected chi connectivity index (χ3v) is 1.64. The van der Waals surface area contributed by atoms with Gasteiger partial charge in [0.05, 0.1) is 5.56 Å². The van der Waals surface area contributed by atoms with Crippen LogP contribution >= 0.6 is 0 Å². The lowest BCUT2D eigenvalue weighted by molar-refractivity contribution is -0.0522. The molecule has 0 spiro atoms. The van der Waals surface area contributed by atoms with Gasteiger partial charge in [-0.3, -0.25) is 9.59 Å². The van der Waals surface area contributed by atoms with Crippen LogP contribution < -0.4 is 4.74 Å². The van der Waals surface area contributed by atoms with E-state index in [1.54, 1.807) is 0 Å². The number of halogens is 3. The Labute approximate surface area is 82.5 Å². The van der Waals surface area contributed by atoms with Gasteiger partial charge in [-0.2, -0.15) is 8.78 Å². The summed E-state index contributed by atoms with van der Waals surface area (Å²) in [5.74, 6) is -2.03. The van der Waals surface area contributed by atoms with Crippen LogP contribution in [0.5, 0.6) is 5.75 Å². The SMILES string of the molecule is O=Cc1ccc(OC(F)F)c(F)c1C=O. The van der Waals surface area contributed by atoms with Gasteiger partial charge in [0.25, 0.3) is 0 Å². The Morgan fingerprint density at radius 3 is 2.33 bits per heavy atom. The summed E-state index contributed by atoms with van der Waals surface area (Å²) in [5, 5.41) is 0. The molecule has 0 radical (unpaired) electrons. The third-order valence-electron chi connectivity index (χ3n) is 1.64. The highest BCUT2D eigenvalue weighted by molar-refractivity contribution is 5.91. The van der Waals surface area contributed by atoms with E-state index in [1.165, 1.54) is 0 Å². The lowest BCUT2D eigenvalue weighted by atomic mass is 10.1. The molecule has 0 heterocycles. The molecule has 0 N–H and O–H groups in total. The maximum absolute atomic E-state index is 13.2. The van der Waals surface area contributed by atoms with E-state index in [0.29, 0.717) is 0 Å². The number of hydrogen-bond acceptors (Lipinski definition) is 3. The molecule has 0 saturated heterocycles. The third kappa shape index (κ3) is 2.34. The minimum atomic E-state index is -3.19. The van der Waals surface area contributed by atoms with Crippen LogP contribution in [0.15, 0.2) is 12.1 Å². The van der Waals surface area contributed by atoms with Crippen molar-refractivity contribution in [3.8, 4) is 5.75 Å². The van der Waals surface area contributed by atoms with Gasteiger partial charge in [0.1, 0.15) is 0 Å². The summed E-state index contributed by atoms with van der Waals surface area (Å²) in [6.45, 7) is -3.19. The van der Waals surface area contributed by atoms with Crippen molar-refractivity contribution in [3.05, 3.63) is 29.1 Å². The van der Waals surface area contributed by atoms with Gasteiger partial charge in [-0.25, -0.2) is 4.39 Å². The summed E-state index contributed by atoms with van der Waals surface area (Å²) in [6.07, 6.45) is 0.316. The second-order valence-corrected chi connectivity index (χ2v) is 2.49. The molecule has 0 aliphatic carbocycles. The predicted octanol–water partition coefficient (Wildman–Crippen LogP) is 2.05. The van der Waals surface area contributed by atoms with Crippen molar-refractivity contribution in [1.29, 1.82) is 0 Å². The first kappa shape index (κ1) is 11.2. The van der Waals surface area contributed by atoms with Gasteiger partial charge >= 0.3 is 6.61 Å². The highest BCUT2D eigenvalue weighted by atomic mass is 19.3. The largest absolute Gasteiger partial charge is 0.432 e. The number of aldehydes is 2. The minimum absolute atomic E-state index is 0.0669. The first-order chi connectivity index (χ1) is 7.10. The van der Waals surface area contributed by atoms with Crippen LogP contribution in [-0.2, 0) is 0 Å². The molecule has 0 fully saturated rings. The summed E-state index contributed by atoms with van der Waals surface area (Å²) in [7, 11) is 0. The van der Waals surface area contributed by atoms with Crippen LogP contribution in [0.2, 0.25) is 0 Å². The average molecular weight is 218 g/mol. The maximum atomic E-state index is 13.2. The van der Waals surface area contributed by atoms with Crippen molar-refractivity contribution in [2.45, 2.75) is 6.61 Å². The normalized spacial score (nSPS) is 10.1. The molecule has 0 atom stereocenters. The number of rotatable bonds is 4. The Bertz CT molecular complexity index is 390. The number of carbonyl (C=O) groups is 2. The van der Waals surface area contributed by atoms with E-state index in [-0.39, 0.29) is 18.1 Å². The van der Waals surface area contributed by atoms with Crippen LogP contribution in [0.1, 0.15) is 20.7 Å². The lowest BCUT2D eigenvalue weighted by Crippen LogP contribution is -2.06. The summed E-state index contributed by atoms with van der Waals surface area (Å²) < 4.78 is 40.6. The molecular formula is C9H5F3O3. The highest BCUT2D eigenvalue weighted by Gasteiger charge is 2.16. The fourth-order valence-corrected chi connectivity index (χ4v) is 0.997. The van der Waals surface area contributed by atoms with Crippen molar-refractivity contribution < 1.29 is 27.5 Å². The molecule has 3 nitrogen and oxygen atoms in total. The number of alkyl halides is 2. The van der Waals surface area contributed by atoms with Crippen LogP contribution in [0.4, 0.5) is 13.2 Å². The molecule has 80 valence electrons. The summed E-state index contributed by atoms with van der Waals surface area (Å²) in [5.41, 5.74) is -0.813. The van der Waals surface area contributed by atoms with E-state index in [1.807, 2.05) is 0 Å². The molecule has 0 unspecified atom stereocenters. The van der Waals surface area contributed by atoms with E-state index < -0.39 is 23.7 Å². The minimum Gasteiger partial charge on any atom is -0.432 e. The molecule has 1 aromatic rings. The van der Waals surface area contributed by atoms with Crippen molar-refractivity contribution in [2.24, 2.45) is 0 Å². The van der Waals surface area contributed by atoms with Crippen LogP contribution in [-0.4, -0.2) is 19.2 Å². The van der Waals surface area contributed by atoms with Gasteiger partial charge in [-0.15, -0.1) is 0 Å². The number of hydrogen-bond donors (Lipinski definition) is 0. The zero-order valence-electron chi connectivity index (χ0n) is 7.25. The topological polar surface area (TPSA) is 43.4 Å². The monoisotopic (exact) mass is 218 g/mol. The molecule has 0 saturated carbocycles. The zero-order valence-corrected chi connectivity index (χ0v) is 7.25. The number of benzene rings is 1. The predicted molar refractivity (Wildman–Crippen MR) is 43.8 cm³/mol. The van der Waals surface area contributed by atoms with Crippen LogP contribution in [0.3, 0.4) is 0 Å². The molecule has 1 aromatic carbocycles. The van der Waals surface area contributed by atoms with Crippen LogP contribution in [0, 0.1) is 5.82 Å². The molecule has 0 amide bonds. The molecular weight excluding hydrogens is 213 g/mol. The first-order valence-corrected chi connectivity index (χ1v) is 3.77. The van der Waals surface area contributed by atoms with Gasteiger partial charge in [-0.1, -0.05) is 0 Å². The molecule has 6 heteroatoms. The average Bonchev–Trinajstić information content (AvgIpc) is 2.20.